The predicted molar refractivity (Wildman–Crippen MR) is 143 cm³/mol. The van der Waals surface area contributed by atoms with Gasteiger partial charge >= 0.3 is 5.97 Å². The quantitative estimate of drug-likeness (QED) is 0.239. The molecule has 1 atom stereocenters. The predicted octanol–water partition coefficient (Wildman–Crippen LogP) is 5.74. The summed E-state index contributed by atoms with van der Waals surface area (Å²) in [7, 11) is 3.03. The number of nitrogens with zero attached hydrogens (tertiary/aromatic N) is 2. The molecule has 10 heteroatoms. The minimum Gasteiger partial charge on any atom is -0.497 e. The molecule has 0 radical (unpaired) electrons. The molecule has 0 spiro atoms. The molecule has 0 aliphatic heterocycles. The summed E-state index contributed by atoms with van der Waals surface area (Å²) in [6.07, 6.45) is 2.33. The molecule has 198 valence electrons. The molecule has 10 nitrogen and oxygen atoms in total. The summed E-state index contributed by atoms with van der Waals surface area (Å²) in [5, 5.41) is 2.75. The van der Waals surface area contributed by atoms with Crippen LogP contribution in [0.2, 0.25) is 0 Å². The van der Waals surface area contributed by atoms with Gasteiger partial charge in [-0.2, -0.15) is 0 Å². The number of benzene rings is 2. The van der Waals surface area contributed by atoms with Gasteiger partial charge in [-0.15, -0.1) is 0 Å². The minimum atomic E-state index is -1.03. The lowest BCUT2D eigenvalue weighted by molar-refractivity contribution is -0.124. The number of hydrogen-bond donors (Lipinski definition) is 1. The zero-order chi connectivity index (χ0) is 27.4. The molecule has 3 heterocycles. The average molecular weight is 528 g/mol. The number of esters is 1. The van der Waals surface area contributed by atoms with E-state index in [2.05, 4.69) is 5.32 Å². The Morgan fingerprint density at radius 2 is 1.46 bits per heavy atom. The van der Waals surface area contributed by atoms with Crippen LogP contribution < -0.4 is 14.8 Å². The maximum atomic E-state index is 13.1. The molecule has 0 bridgehead atoms. The summed E-state index contributed by atoms with van der Waals surface area (Å²) in [5.74, 6) is 0.904. The highest BCUT2D eigenvalue weighted by molar-refractivity contribution is 5.99. The van der Waals surface area contributed by atoms with E-state index in [4.69, 9.17) is 33.0 Å². The Bertz CT molecular complexity index is 1590. The van der Waals surface area contributed by atoms with Crippen LogP contribution in [0.1, 0.15) is 23.7 Å². The second-order valence-corrected chi connectivity index (χ2v) is 8.47. The number of anilines is 1. The first kappa shape index (κ1) is 25.5. The largest absolute Gasteiger partial charge is 0.497 e. The van der Waals surface area contributed by atoms with Crippen molar-refractivity contribution in [3.63, 3.8) is 0 Å². The van der Waals surface area contributed by atoms with Crippen LogP contribution in [0.5, 0.6) is 11.5 Å². The summed E-state index contributed by atoms with van der Waals surface area (Å²) >= 11 is 0. The molecule has 0 saturated heterocycles. The number of hydrogen-bond acceptors (Lipinski definition) is 9. The Hall–Kier alpha value is -5.12. The van der Waals surface area contributed by atoms with Gasteiger partial charge in [0.25, 0.3) is 5.91 Å². The van der Waals surface area contributed by atoms with E-state index in [0.29, 0.717) is 51.1 Å². The van der Waals surface area contributed by atoms with Crippen LogP contribution in [-0.4, -0.2) is 42.2 Å². The van der Waals surface area contributed by atoms with Crippen LogP contribution in [0.3, 0.4) is 0 Å². The van der Waals surface area contributed by atoms with E-state index in [1.165, 1.54) is 14.2 Å². The van der Waals surface area contributed by atoms with Crippen LogP contribution in [0, 0.1) is 0 Å². The van der Waals surface area contributed by atoms with Gasteiger partial charge in [0.05, 0.1) is 43.3 Å². The molecule has 1 amide bonds. The van der Waals surface area contributed by atoms with Crippen molar-refractivity contribution in [1.82, 2.24) is 9.97 Å². The van der Waals surface area contributed by atoms with Crippen molar-refractivity contribution in [1.29, 1.82) is 0 Å². The highest BCUT2D eigenvalue weighted by atomic mass is 16.5. The number of aromatic nitrogens is 2. The highest BCUT2D eigenvalue weighted by Gasteiger charge is 2.24. The van der Waals surface area contributed by atoms with Crippen LogP contribution in [0.25, 0.3) is 33.9 Å². The molecule has 3 aromatic heterocycles. The SMILES string of the molecule is CCC(OC(=O)c1ccc2nc(-c3ccco3)c(-c3ccco3)nc2c1)C(=O)Nc1cc(OC)cc(OC)c1. The fraction of sp³-hybridized carbons (Fsp3) is 0.172. The first-order chi connectivity index (χ1) is 19.0. The van der Waals surface area contributed by atoms with E-state index in [1.807, 2.05) is 0 Å². The highest BCUT2D eigenvalue weighted by Crippen LogP contribution is 2.32. The number of furan rings is 2. The number of fused-ring (bicyclic) bond motifs is 1. The van der Waals surface area contributed by atoms with Gasteiger partial charge in [0.2, 0.25) is 0 Å². The van der Waals surface area contributed by atoms with Gasteiger partial charge < -0.3 is 28.4 Å². The molecular weight excluding hydrogens is 502 g/mol. The lowest BCUT2D eigenvalue weighted by atomic mass is 10.1. The van der Waals surface area contributed by atoms with Crippen molar-refractivity contribution in [2.75, 3.05) is 19.5 Å². The van der Waals surface area contributed by atoms with Gasteiger partial charge in [-0.25, -0.2) is 14.8 Å². The third-order valence-corrected chi connectivity index (χ3v) is 5.94. The van der Waals surface area contributed by atoms with E-state index in [9.17, 15) is 9.59 Å². The van der Waals surface area contributed by atoms with Gasteiger partial charge in [0, 0.05) is 23.9 Å². The van der Waals surface area contributed by atoms with Crippen molar-refractivity contribution < 1.29 is 32.6 Å². The number of rotatable bonds is 9. The van der Waals surface area contributed by atoms with Crippen LogP contribution >= 0.6 is 0 Å². The third-order valence-electron chi connectivity index (χ3n) is 5.94. The molecule has 1 N–H and O–H groups in total. The number of carbonyl (C=O) groups is 2. The molecule has 0 saturated carbocycles. The van der Waals surface area contributed by atoms with Crippen LogP contribution in [-0.2, 0) is 9.53 Å². The molecule has 2 aromatic carbocycles. The Morgan fingerprint density at radius 1 is 0.846 bits per heavy atom. The van der Waals surface area contributed by atoms with Gasteiger partial charge in [-0.1, -0.05) is 6.92 Å². The number of amides is 1. The smallest absolute Gasteiger partial charge is 0.338 e. The van der Waals surface area contributed by atoms with Crippen molar-refractivity contribution >= 4 is 28.6 Å². The lowest BCUT2D eigenvalue weighted by Gasteiger charge is -2.17. The fourth-order valence-electron chi connectivity index (χ4n) is 3.97. The summed E-state index contributed by atoms with van der Waals surface area (Å²) in [6, 6.07) is 16.8. The molecule has 0 fully saturated rings. The van der Waals surface area contributed by atoms with E-state index in [0.717, 1.165) is 0 Å². The Balaban J connectivity index is 1.39. The Kier molecular flexibility index (Phi) is 7.26. The van der Waals surface area contributed by atoms with Gasteiger partial charge in [-0.3, -0.25) is 4.79 Å². The lowest BCUT2D eigenvalue weighted by Crippen LogP contribution is -2.32. The molecule has 39 heavy (non-hydrogen) atoms. The van der Waals surface area contributed by atoms with E-state index in [-0.39, 0.29) is 12.0 Å². The minimum absolute atomic E-state index is 0.224. The summed E-state index contributed by atoms with van der Waals surface area (Å²) in [4.78, 5) is 35.4. The van der Waals surface area contributed by atoms with E-state index >= 15 is 0 Å². The maximum absolute atomic E-state index is 13.1. The first-order valence-corrected chi connectivity index (χ1v) is 12.1. The van der Waals surface area contributed by atoms with E-state index in [1.54, 1.807) is 80.1 Å². The van der Waals surface area contributed by atoms with Gasteiger partial charge in [0.15, 0.2) is 17.6 Å². The van der Waals surface area contributed by atoms with Crippen molar-refractivity contribution in [3.8, 4) is 34.4 Å². The van der Waals surface area contributed by atoms with Crippen LogP contribution in [0.15, 0.2) is 82.0 Å². The van der Waals surface area contributed by atoms with Crippen molar-refractivity contribution in [2.45, 2.75) is 19.4 Å². The summed E-state index contributed by atoms with van der Waals surface area (Å²) in [6.45, 7) is 1.75. The van der Waals surface area contributed by atoms with E-state index < -0.39 is 18.0 Å². The first-order valence-electron chi connectivity index (χ1n) is 12.1. The topological polar surface area (TPSA) is 126 Å². The average Bonchev–Trinajstić information content (AvgIpc) is 3.69. The number of methoxy groups -OCH3 is 2. The monoisotopic (exact) mass is 527 g/mol. The van der Waals surface area contributed by atoms with Gasteiger partial charge in [-0.05, 0) is 48.9 Å². The molecule has 5 aromatic rings. The maximum Gasteiger partial charge on any atom is 0.338 e. The van der Waals surface area contributed by atoms with Crippen molar-refractivity contribution in [2.24, 2.45) is 0 Å². The molecular formula is C29H25N3O7. The summed E-state index contributed by atoms with van der Waals surface area (Å²) in [5.41, 5.74) is 2.64. The summed E-state index contributed by atoms with van der Waals surface area (Å²) < 4.78 is 27.2. The third kappa shape index (κ3) is 5.45. The molecule has 0 aliphatic carbocycles. The van der Waals surface area contributed by atoms with Crippen molar-refractivity contribution in [3.05, 3.63) is 78.8 Å². The molecule has 1 unspecified atom stereocenters. The number of nitrogens with one attached hydrogen (secondary N) is 1. The standard InChI is InChI=1S/C29H25N3O7/c1-4-23(28(33)30-18-14-19(35-2)16-20(15-18)36-3)39-29(34)17-9-10-21-22(13-17)32-27(25-8-6-12-38-25)26(31-21)24-7-5-11-37-24/h5-16,23H,4H2,1-3H3,(H,30,33). The van der Waals surface area contributed by atoms with Crippen LogP contribution in [0.4, 0.5) is 5.69 Å². The van der Waals surface area contributed by atoms with Gasteiger partial charge in [0.1, 0.15) is 22.9 Å². The number of ether oxygens (including phenoxy) is 3. The normalized spacial score (nSPS) is 11.7. The second kappa shape index (κ2) is 11.1. The zero-order valence-corrected chi connectivity index (χ0v) is 21.5. The fourth-order valence-corrected chi connectivity index (χ4v) is 3.97. The zero-order valence-electron chi connectivity index (χ0n) is 21.5. The second-order valence-electron chi connectivity index (χ2n) is 8.47. The molecule has 5 rings (SSSR count). The molecule has 0 aliphatic rings. The Labute approximate surface area is 223 Å². The number of carbonyl (C=O) groups excluding carboxylic acids is 2. The Morgan fingerprint density at radius 3 is 2.00 bits per heavy atom.